The molecule has 2 aliphatic heterocycles. The molecule has 2 aliphatic rings. The van der Waals surface area contributed by atoms with Crippen molar-refractivity contribution in [3.63, 3.8) is 0 Å². The van der Waals surface area contributed by atoms with Gasteiger partial charge < -0.3 is 15.2 Å². The highest BCUT2D eigenvalue weighted by Crippen LogP contribution is 2.40. The molecule has 6 rings (SSSR count). The van der Waals surface area contributed by atoms with Crippen LogP contribution < -0.4 is 20.5 Å². The first-order valence-electron chi connectivity index (χ1n) is 9.88. The maximum absolute atomic E-state index is 6.11. The van der Waals surface area contributed by atoms with E-state index >= 15 is 0 Å². The molecule has 0 saturated carbocycles. The Kier molecular flexibility index (Phi) is 4.03. The molecule has 4 aromatic rings. The van der Waals surface area contributed by atoms with Crippen LogP contribution >= 0.6 is 11.6 Å². The van der Waals surface area contributed by atoms with E-state index in [-0.39, 0.29) is 5.96 Å². The number of aromatic nitrogens is 4. The summed E-state index contributed by atoms with van der Waals surface area (Å²) >= 11 is 6.06. The fourth-order valence-electron chi connectivity index (χ4n) is 3.97. The third-order valence-electron chi connectivity index (χ3n) is 5.38. The lowest BCUT2D eigenvalue weighted by atomic mass is 10.1. The fraction of sp³-hybridized carbons (Fsp3) is 0.190. The minimum absolute atomic E-state index is 0.283. The number of hydrogen-bond donors (Lipinski definition) is 3. The van der Waals surface area contributed by atoms with Gasteiger partial charge in [-0.25, -0.2) is 9.98 Å². The number of aromatic amines is 1. The summed E-state index contributed by atoms with van der Waals surface area (Å²) in [6.07, 6.45) is 2.13. The predicted molar refractivity (Wildman–Crippen MR) is 118 cm³/mol. The highest BCUT2D eigenvalue weighted by molar-refractivity contribution is 6.30. The lowest BCUT2D eigenvalue weighted by molar-refractivity contribution is 0.297. The monoisotopic (exact) mass is 435 g/mol. The standard InChI is InChI=1S/C21H18ClN7O2/c22-12-4-2-11(3-5-12)18-13(10-24-28-18)19-26-20(23)27-21-25-14-8-16-17(9-15(14)29(19)21)31-7-1-6-30-16/h2-5,8-10,19H,1,6-7H2,(H,24,28)(H3,23,25,26,27). The van der Waals surface area contributed by atoms with Crippen LogP contribution in [0.3, 0.4) is 0 Å². The van der Waals surface area contributed by atoms with Gasteiger partial charge >= 0.3 is 0 Å². The van der Waals surface area contributed by atoms with Gasteiger partial charge in [-0.1, -0.05) is 23.7 Å². The number of H-pyrrole nitrogens is 1. The molecule has 10 heteroatoms. The first-order valence-corrected chi connectivity index (χ1v) is 10.3. The normalized spacial score (nSPS) is 17.6. The lowest BCUT2D eigenvalue weighted by Crippen LogP contribution is -2.31. The van der Waals surface area contributed by atoms with Crippen molar-refractivity contribution in [1.82, 2.24) is 19.7 Å². The van der Waals surface area contributed by atoms with E-state index in [4.69, 9.17) is 31.8 Å². The summed E-state index contributed by atoms with van der Waals surface area (Å²) in [6.45, 7) is 1.22. The molecule has 1 unspecified atom stereocenters. The molecule has 0 fully saturated rings. The van der Waals surface area contributed by atoms with E-state index in [2.05, 4.69) is 20.5 Å². The molecule has 1 atom stereocenters. The van der Waals surface area contributed by atoms with E-state index in [1.165, 1.54) is 0 Å². The Morgan fingerprint density at radius 1 is 1.10 bits per heavy atom. The quantitative estimate of drug-likeness (QED) is 0.443. The molecule has 2 aromatic heterocycles. The molecule has 0 spiro atoms. The van der Waals surface area contributed by atoms with Crippen LogP contribution in [0.4, 0.5) is 5.95 Å². The molecule has 156 valence electrons. The summed E-state index contributed by atoms with van der Waals surface area (Å²) in [6, 6.07) is 11.4. The number of fused-ring (bicyclic) bond motifs is 4. The average molecular weight is 436 g/mol. The van der Waals surface area contributed by atoms with E-state index in [1.54, 1.807) is 6.20 Å². The Morgan fingerprint density at radius 2 is 1.87 bits per heavy atom. The number of guanidine groups is 1. The van der Waals surface area contributed by atoms with Gasteiger partial charge in [0.05, 0.1) is 36.1 Å². The highest BCUT2D eigenvalue weighted by atomic mass is 35.5. The van der Waals surface area contributed by atoms with Gasteiger partial charge in [-0.15, -0.1) is 0 Å². The van der Waals surface area contributed by atoms with Gasteiger partial charge in [0.15, 0.2) is 23.6 Å². The number of benzene rings is 2. The van der Waals surface area contributed by atoms with Crippen molar-refractivity contribution >= 4 is 34.5 Å². The van der Waals surface area contributed by atoms with Gasteiger partial charge in [0.2, 0.25) is 5.95 Å². The minimum Gasteiger partial charge on any atom is -0.489 e. The van der Waals surface area contributed by atoms with Gasteiger partial charge in [-0.05, 0) is 12.1 Å². The molecular weight excluding hydrogens is 418 g/mol. The number of halogens is 1. The zero-order chi connectivity index (χ0) is 20.9. The van der Waals surface area contributed by atoms with Crippen molar-refractivity contribution in [2.45, 2.75) is 12.6 Å². The molecule has 0 radical (unpaired) electrons. The van der Waals surface area contributed by atoms with Crippen molar-refractivity contribution < 1.29 is 9.47 Å². The maximum Gasteiger partial charge on any atom is 0.212 e. The number of anilines is 1. The van der Waals surface area contributed by atoms with Crippen molar-refractivity contribution in [1.29, 1.82) is 0 Å². The molecule has 0 amide bonds. The third kappa shape index (κ3) is 2.97. The summed E-state index contributed by atoms with van der Waals surface area (Å²) in [5.41, 5.74) is 10.4. The number of imidazole rings is 1. The zero-order valence-corrected chi connectivity index (χ0v) is 17.1. The lowest BCUT2D eigenvalue weighted by Gasteiger charge is -2.23. The molecule has 4 N–H and O–H groups in total. The second kappa shape index (κ2) is 6.92. The van der Waals surface area contributed by atoms with Crippen molar-refractivity contribution in [2.75, 3.05) is 18.5 Å². The Balaban J connectivity index is 1.53. The summed E-state index contributed by atoms with van der Waals surface area (Å²) in [5, 5.41) is 11.1. The van der Waals surface area contributed by atoms with Crippen molar-refractivity contribution in [2.24, 2.45) is 10.7 Å². The largest absolute Gasteiger partial charge is 0.489 e. The number of hydrogen-bond acceptors (Lipinski definition) is 7. The van der Waals surface area contributed by atoms with Crippen LogP contribution in [0, 0.1) is 0 Å². The van der Waals surface area contributed by atoms with Crippen LogP contribution in [0.15, 0.2) is 47.6 Å². The van der Waals surface area contributed by atoms with Crippen molar-refractivity contribution in [3.05, 3.63) is 53.2 Å². The number of ether oxygens (including phenoxy) is 2. The van der Waals surface area contributed by atoms with E-state index in [0.717, 1.165) is 34.3 Å². The summed E-state index contributed by atoms with van der Waals surface area (Å²) < 4.78 is 13.7. The van der Waals surface area contributed by atoms with Crippen LogP contribution in [-0.4, -0.2) is 38.9 Å². The second-order valence-electron chi connectivity index (χ2n) is 7.36. The molecule has 2 aromatic carbocycles. The highest BCUT2D eigenvalue weighted by Gasteiger charge is 2.29. The van der Waals surface area contributed by atoms with E-state index in [0.29, 0.717) is 35.7 Å². The summed E-state index contributed by atoms with van der Waals surface area (Å²) in [7, 11) is 0. The fourth-order valence-corrected chi connectivity index (χ4v) is 4.10. The number of aliphatic imine (C=N–C) groups is 1. The summed E-state index contributed by atoms with van der Waals surface area (Å²) in [4.78, 5) is 9.39. The Labute approximate surface area is 181 Å². The Hall–Kier alpha value is -3.72. The number of nitrogens with zero attached hydrogens (tertiary/aromatic N) is 4. The van der Waals surface area contributed by atoms with Gasteiger partial charge in [-0.2, -0.15) is 5.10 Å². The van der Waals surface area contributed by atoms with Crippen LogP contribution in [0.2, 0.25) is 5.02 Å². The van der Waals surface area contributed by atoms with Gasteiger partial charge in [0.25, 0.3) is 0 Å². The van der Waals surface area contributed by atoms with E-state index in [1.807, 2.05) is 41.0 Å². The third-order valence-corrected chi connectivity index (χ3v) is 5.64. The van der Waals surface area contributed by atoms with Crippen LogP contribution in [0.1, 0.15) is 18.2 Å². The molecule has 9 nitrogen and oxygen atoms in total. The zero-order valence-electron chi connectivity index (χ0n) is 16.3. The van der Waals surface area contributed by atoms with E-state index in [9.17, 15) is 0 Å². The van der Waals surface area contributed by atoms with E-state index < -0.39 is 6.17 Å². The maximum atomic E-state index is 6.11. The molecule has 4 heterocycles. The Bertz CT molecular complexity index is 1330. The number of nitrogens with one attached hydrogen (secondary N) is 2. The predicted octanol–water partition coefficient (Wildman–Crippen LogP) is 3.53. The average Bonchev–Trinajstić information content (AvgIpc) is 3.30. The summed E-state index contributed by atoms with van der Waals surface area (Å²) in [5.74, 6) is 2.26. The minimum atomic E-state index is -0.463. The van der Waals surface area contributed by atoms with Gasteiger partial charge in [0.1, 0.15) is 0 Å². The molecule has 0 aliphatic carbocycles. The van der Waals surface area contributed by atoms with Gasteiger partial charge in [-0.3, -0.25) is 15.0 Å². The molecule has 31 heavy (non-hydrogen) atoms. The topological polar surface area (TPSA) is 115 Å². The Morgan fingerprint density at radius 3 is 2.68 bits per heavy atom. The smallest absolute Gasteiger partial charge is 0.212 e. The van der Waals surface area contributed by atoms with Crippen molar-refractivity contribution in [3.8, 4) is 22.8 Å². The second-order valence-corrected chi connectivity index (χ2v) is 7.80. The van der Waals surface area contributed by atoms with Gasteiger partial charge in [0, 0.05) is 34.7 Å². The van der Waals surface area contributed by atoms with Crippen LogP contribution in [0.5, 0.6) is 11.5 Å². The first kappa shape index (κ1) is 18.1. The van der Waals surface area contributed by atoms with Crippen LogP contribution in [0.25, 0.3) is 22.3 Å². The molecule has 0 saturated heterocycles. The number of rotatable bonds is 2. The number of nitrogens with two attached hydrogens (primary N) is 1. The molecular formula is C21H18ClN7O2. The first-order chi connectivity index (χ1) is 15.2. The SMILES string of the molecule is NC1=NC(c2cn[nH]c2-c2ccc(Cl)cc2)n2c(nc3cc4c(cc32)OCCCO4)N1. The molecule has 0 bridgehead atoms. The van der Waals surface area contributed by atoms with Crippen LogP contribution in [-0.2, 0) is 0 Å².